The minimum Gasteiger partial charge on any atom is -0.202 e. The molecule has 1 atom stereocenters. The normalized spacial score (nSPS) is 28.6. The van der Waals surface area contributed by atoms with E-state index in [2.05, 4.69) is 20.7 Å². The molecule has 0 amide bonds. The Balaban J connectivity index is 1.97. The summed E-state index contributed by atoms with van der Waals surface area (Å²) in [5.41, 5.74) is 0.131. The van der Waals surface area contributed by atoms with E-state index < -0.39 is 10.2 Å². The van der Waals surface area contributed by atoms with Crippen LogP contribution in [0.15, 0.2) is 0 Å². The van der Waals surface area contributed by atoms with Crippen LogP contribution in [0.4, 0.5) is 0 Å². The number of piperidine rings is 1. The van der Waals surface area contributed by atoms with Gasteiger partial charge in [-0.05, 0) is 38.0 Å². The summed E-state index contributed by atoms with van der Waals surface area (Å²) in [6.45, 7) is 3.25. The molecule has 1 saturated carbocycles. The third-order valence-corrected chi connectivity index (χ3v) is 7.49. The molecule has 6 heteroatoms. The first kappa shape index (κ1) is 15.7. The number of alkyl halides is 1. The van der Waals surface area contributed by atoms with Gasteiger partial charge in [-0.25, -0.2) is 4.72 Å². The Morgan fingerprint density at radius 3 is 2.53 bits per heavy atom. The van der Waals surface area contributed by atoms with Crippen molar-refractivity contribution in [3.05, 3.63) is 0 Å². The molecule has 2 fully saturated rings. The highest BCUT2D eigenvalue weighted by molar-refractivity contribution is 9.09. The molecule has 19 heavy (non-hydrogen) atoms. The van der Waals surface area contributed by atoms with E-state index in [0.29, 0.717) is 13.1 Å². The molecule has 2 aliphatic rings. The van der Waals surface area contributed by atoms with Gasteiger partial charge in [0.15, 0.2) is 0 Å². The number of halogens is 1. The van der Waals surface area contributed by atoms with Gasteiger partial charge in [-0.2, -0.15) is 12.7 Å². The highest BCUT2D eigenvalue weighted by Crippen LogP contribution is 2.39. The van der Waals surface area contributed by atoms with E-state index in [4.69, 9.17) is 0 Å². The minimum atomic E-state index is -3.31. The first-order valence-corrected chi connectivity index (χ1v) is 9.88. The van der Waals surface area contributed by atoms with E-state index in [1.54, 1.807) is 4.31 Å². The van der Waals surface area contributed by atoms with Crippen LogP contribution >= 0.6 is 15.9 Å². The van der Waals surface area contributed by atoms with Crippen LogP contribution in [0, 0.1) is 5.41 Å². The predicted molar refractivity (Wildman–Crippen MR) is 81.6 cm³/mol. The maximum Gasteiger partial charge on any atom is 0.279 e. The fourth-order valence-corrected chi connectivity index (χ4v) is 5.60. The van der Waals surface area contributed by atoms with Crippen LogP contribution in [-0.4, -0.2) is 37.2 Å². The van der Waals surface area contributed by atoms with E-state index in [0.717, 1.165) is 37.4 Å². The third-order valence-electron chi connectivity index (χ3n) is 4.63. The Labute approximate surface area is 125 Å². The van der Waals surface area contributed by atoms with Gasteiger partial charge >= 0.3 is 0 Å². The number of rotatable bonds is 5. The average Bonchev–Trinajstić information content (AvgIpc) is 2.86. The molecule has 1 N–H and O–H groups in total. The first-order chi connectivity index (χ1) is 8.99. The van der Waals surface area contributed by atoms with E-state index in [1.165, 1.54) is 12.8 Å². The lowest BCUT2D eigenvalue weighted by atomic mass is 9.89. The molecule has 1 saturated heterocycles. The molecular formula is C13H25BrN2O2S. The van der Waals surface area contributed by atoms with Crippen molar-refractivity contribution in [3.8, 4) is 0 Å². The highest BCUT2D eigenvalue weighted by Gasteiger charge is 2.36. The highest BCUT2D eigenvalue weighted by atomic mass is 79.9. The van der Waals surface area contributed by atoms with Gasteiger partial charge in [0.05, 0.1) is 0 Å². The molecule has 2 rings (SSSR count). The number of nitrogens with zero attached hydrogens (tertiary/aromatic N) is 1. The first-order valence-electron chi connectivity index (χ1n) is 7.32. The van der Waals surface area contributed by atoms with Crippen molar-refractivity contribution in [1.82, 2.24) is 9.03 Å². The summed E-state index contributed by atoms with van der Waals surface area (Å²) in [5, 5.41) is 0.887. The van der Waals surface area contributed by atoms with Gasteiger partial charge < -0.3 is 0 Å². The molecule has 4 nitrogen and oxygen atoms in total. The summed E-state index contributed by atoms with van der Waals surface area (Å²) in [6.07, 6.45) is 7.77. The summed E-state index contributed by atoms with van der Waals surface area (Å²) in [7, 11) is -3.31. The van der Waals surface area contributed by atoms with Gasteiger partial charge in [0.25, 0.3) is 10.2 Å². The molecular weight excluding hydrogens is 328 g/mol. The van der Waals surface area contributed by atoms with Crippen LogP contribution in [0.3, 0.4) is 0 Å². The smallest absolute Gasteiger partial charge is 0.202 e. The van der Waals surface area contributed by atoms with Crippen molar-refractivity contribution >= 4 is 26.1 Å². The van der Waals surface area contributed by atoms with Crippen molar-refractivity contribution in [2.75, 3.05) is 18.4 Å². The second kappa shape index (κ2) is 6.41. The SMILES string of the molecule is CC1CCCCN1S(=O)(=O)NCC1(CBr)CCCC1. The molecule has 1 aliphatic carbocycles. The van der Waals surface area contributed by atoms with Gasteiger partial charge in [0.2, 0.25) is 0 Å². The molecule has 1 heterocycles. The summed E-state index contributed by atoms with van der Waals surface area (Å²) in [6, 6.07) is 0.134. The molecule has 0 aromatic heterocycles. The lowest BCUT2D eigenvalue weighted by Crippen LogP contribution is -2.50. The van der Waals surface area contributed by atoms with Crippen LogP contribution in [0.25, 0.3) is 0 Å². The van der Waals surface area contributed by atoms with Crippen LogP contribution in [0.1, 0.15) is 51.9 Å². The fourth-order valence-electron chi connectivity index (χ4n) is 3.24. The molecule has 0 aromatic rings. The van der Waals surface area contributed by atoms with E-state index >= 15 is 0 Å². The van der Waals surface area contributed by atoms with Gasteiger partial charge in [0.1, 0.15) is 0 Å². The number of hydrogen-bond donors (Lipinski definition) is 1. The average molecular weight is 353 g/mol. The van der Waals surface area contributed by atoms with E-state index in [9.17, 15) is 8.42 Å². The van der Waals surface area contributed by atoms with Gasteiger partial charge in [-0.15, -0.1) is 0 Å². The Hall–Kier alpha value is 0.350. The topological polar surface area (TPSA) is 49.4 Å². The second-order valence-corrected chi connectivity index (χ2v) is 8.39. The monoisotopic (exact) mass is 352 g/mol. The molecule has 112 valence electrons. The Morgan fingerprint density at radius 2 is 1.95 bits per heavy atom. The molecule has 1 unspecified atom stereocenters. The predicted octanol–water partition coefficient (Wildman–Crippen LogP) is 2.65. The molecule has 0 radical (unpaired) electrons. The Morgan fingerprint density at radius 1 is 1.26 bits per heavy atom. The summed E-state index contributed by atoms with van der Waals surface area (Å²) >= 11 is 3.56. The third kappa shape index (κ3) is 3.71. The van der Waals surface area contributed by atoms with Crippen LogP contribution in [0.2, 0.25) is 0 Å². The zero-order chi connectivity index (χ0) is 13.9. The fraction of sp³-hybridized carbons (Fsp3) is 1.00. The Kier molecular flexibility index (Phi) is 5.31. The number of nitrogens with one attached hydrogen (secondary N) is 1. The minimum absolute atomic E-state index is 0.131. The van der Waals surface area contributed by atoms with Gasteiger partial charge in [-0.1, -0.05) is 35.2 Å². The zero-order valence-electron chi connectivity index (χ0n) is 11.7. The maximum absolute atomic E-state index is 12.4. The summed E-state index contributed by atoms with van der Waals surface area (Å²) in [4.78, 5) is 0. The molecule has 0 spiro atoms. The lowest BCUT2D eigenvalue weighted by Gasteiger charge is -2.34. The summed E-state index contributed by atoms with van der Waals surface area (Å²) in [5.74, 6) is 0. The summed E-state index contributed by atoms with van der Waals surface area (Å²) < 4.78 is 29.3. The van der Waals surface area contributed by atoms with Crippen molar-refractivity contribution < 1.29 is 8.42 Å². The van der Waals surface area contributed by atoms with Crippen LogP contribution < -0.4 is 4.72 Å². The van der Waals surface area contributed by atoms with Crippen LogP contribution in [-0.2, 0) is 10.2 Å². The lowest BCUT2D eigenvalue weighted by molar-refractivity contribution is 0.260. The van der Waals surface area contributed by atoms with Gasteiger partial charge in [0, 0.05) is 24.5 Å². The van der Waals surface area contributed by atoms with Crippen molar-refractivity contribution in [2.45, 2.75) is 57.9 Å². The molecule has 0 bridgehead atoms. The molecule has 0 aromatic carbocycles. The molecule has 1 aliphatic heterocycles. The largest absolute Gasteiger partial charge is 0.279 e. The quantitative estimate of drug-likeness (QED) is 0.773. The van der Waals surface area contributed by atoms with Crippen molar-refractivity contribution in [2.24, 2.45) is 5.41 Å². The zero-order valence-corrected chi connectivity index (χ0v) is 14.1. The van der Waals surface area contributed by atoms with Crippen LogP contribution in [0.5, 0.6) is 0 Å². The standard InChI is InChI=1S/C13H25BrN2O2S/c1-12-6-2-5-9-16(12)19(17,18)15-11-13(10-14)7-3-4-8-13/h12,15H,2-11H2,1H3. The number of hydrogen-bond acceptors (Lipinski definition) is 2. The Bertz CT molecular complexity index is 393. The van der Waals surface area contributed by atoms with E-state index in [-0.39, 0.29) is 11.5 Å². The maximum atomic E-state index is 12.4. The van der Waals surface area contributed by atoms with E-state index in [1.807, 2.05) is 6.92 Å². The van der Waals surface area contributed by atoms with Crippen molar-refractivity contribution in [1.29, 1.82) is 0 Å². The second-order valence-electron chi connectivity index (χ2n) is 6.12. The van der Waals surface area contributed by atoms with Crippen molar-refractivity contribution in [3.63, 3.8) is 0 Å². The van der Waals surface area contributed by atoms with Gasteiger partial charge in [-0.3, -0.25) is 0 Å².